The van der Waals surface area contributed by atoms with Crippen molar-refractivity contribution in [2.75, 3.05) is 0 Å². The van der Waals surface area contributed by atoms with Crippen molar-refractivity contribution >= 4 is 11.6 Å². The molecular formula is C11H9ClN2O. The molecule has 0 fully saturated rings. The topological polar surface area (TPSA) is 46.0 Å². The van der Waals surface area contributed by atoms with Crippen LogP contribution in [-0.2, 0) is 0 Å². The predicted molar refractivity (Wildman–Crippen MR) is 57.5 cm³/mol. The quantitative estimate of drug-likeness (QED) is 0.790. The molecule has 0 aliphatic heterocycles. The van der Waals surface area contributed by atoms with E-state index in [0.29, 0.717) is 5.56 Å². The Labute approximate surface area is 92.4 Å². The molecule has 0 aliphatic rings. The maximum Gasteiger partial charge on any atom is 0.222 e. The zero-order valence-electron chi connectivity index (χ0n) is 7.84. The Hall–Kier alpha value is -1.45. The van der Waals surface area contributed by atoms with E-state index in [1.165, 1.54) is 12.4 Å². The van der Waals surface area contributed by atoms with Gasteiger partial charge in [0.25, 0.3) is 0 Å². The third-order valence-corrected chi connectivity index (χ3v) is 2.27. The van der Waals surface area contributed by atoms with Gasteiger partial charge in [0.2, 0.25) is 5.28 Å². The molecule has 2 aromatic rings. The molecule has 0 bridgehead atoms. The Kier molecular flexibility index (Phi) is 2.94. The van der Waals surface area contributed by atoms with Crippen molar-refractivity contribution in [1.29, 1.82) is 0 Å². The van der Waals surface area contributed by atoms with E-state index in [4.69, 9.17) is 11.6 Å². The fraction of sp³-hybridized carbons (Fsp3) is 0.0909. The van der Waals surface area contributed by atoms with Gasteiger partial charge in [-0.05, 0) is 17.2 Å². The van der Waals surface area contributed by atoms with E-state index in [0.717, 1.165) is 5.56 Å². The van der Waals surface area contributed by atoms with Crippen LogP contribution in [0, 0.1) is 0 Å². The minimum atomic E-state index is -0.705. The maximum atomic E-state index is 9.96. The predicted octanol–water partition coefficient (Wildman–Crippen LogP) is 2.21. The minimum absolute atomic E-state index is 0.180. The lowest BCUT2D eigenvalue weighted by Crippen LogP contribution is -2.00. The lowest BCUT2D eigenvalue weighted by Gasteiger charge is -2.09. The van der Waals surface area contributed by atoms with Gasteiger partial charge >= 0.3 is 0 Å². The smallest absolute Gasteiger partial charge is 0.222 e. The van der Waals surface area contributed by atoms with Crippen LogP contribution < -0.4 is 0 Å². The van der Waals surface area contributed by atoms with Crippen molar-refractivity contribution < 1.29 is 5.11 Å². The van der Waals surface area contributed by atoms with Gasteiger partial charge in [-0.3, -0.25) is 0 Å². The first kappa shape index (κ1) is 10.1. The minimum Gasteiger partial charge on any atom is -0.384 e. The number of benzene rings is 1. The lowest BCUT2D eigenvalue weighted by atomic mass is 10.1. The maximum absolute atomic E-state index is 9.96. The van der Waals surface area contributed by atoms with E-state index in [1.807, 2.05) is 30.3 Å². The van der Waals surface area contributed by atoms with Crippen LogP contribution in [0.15, 0.2) is 42.7 Å². The van der Waals surface area contributed by atoms with Gasteiger partial charge in [-0.1, -0.05) is 30.3 Å². The first-order valence-electron chi connectivity index (χ1n) is 4.48. The average molecular weight is 221 g/mol. The van der Waals surface area contributed by atoms with Gasteiger partial charge in [-0.15, -0.1) is 0 Å². The molecule has 1 N–H and O–H groups in total. The fourth-order valence-corrected chi connectivity index (χ4v) is 1.39. The third-order valence-electron chi connectivity index (χ3n) is 2.07. The molecule has 0 aliphatic carbocycles. The molecule has 0 saturated heterocycles. The highest BCUT2D eigenvalue weighted by Gasteiger charge is 2.10. The number of hydrogen-bond acceptors (Lipinski definition) is 3. The summed E-state index contributed by atoms with van der Waals surface area (Å²) in [7, 11) is 0. The second-order valence-electron chi connectivity index (χ2n) is 3.10. The largest absolute Gasteiger partial charge is 0.384 e. The number of hydrogen-bond donors (Lipinski definition) is 1. The molecule has 3 nitrogen and oxygen atoms in total. The second-order valence-corrected chi connectivity index (χ2v) is 3.44. The molecule has 76 valence electrons. The molecule has 0 radical (unpaired) electrons. The van der Waals surface area contributed by atoms with Crippen molar-refractivity contribution in [1.82, 2.24) is 9.97 Å². The first-order chi connectivity index (χ1) is 7.27. The van der Waals surface area contributed by atoms with E-state index in [-0.39, 0.29) is 5.28 Å². The summed E-state index contributed by atoms with van der Waals surface area (Å²) in [4.78, 5) is 7.64. The molecule has 1 unspecified atom stereocenters. The molecule has 1 aromatic heterocycles. The molecule has 0 amide bonds. The highest BCUT2D eigenvalue weighted by molar-refractivity contribution is 6.28. The monoisotopic (exact) mass is 220 g/mol. The lowest BCUT2D eigenvalue weighted by molar-refractivity contribution is 0.219. The summed E-state index contributed by atoms with van der Waals surface area (Å²) in [5.41, 5.74) is 1.44. The van der Waals surface area contributed by atoms with Crippen LogP contribution in [0.4, 0.5) is 0 Å². The van der Waals surface area contributed by atoms with Crippen LogP contribution in [-0.4, -0.2) is 15.1 Å². The molecule has 0 saturated carbocycles. The summed E-state index contributed by atoms with van der Waals surface area (Å²) in [6, 6.07) is 9.33. The molecule has 0 spiro atoms. The van der Waals surface area contributed by atoms with Crippen LogP contribution in [0.2, 0.25) is 5.28 Å². The Morgan fingerprint density at radius 1 is 1.00 bits per heavy atom. The highest BCUT2D eigenvalue weighted by Crippen LogP contribution is 2.20. The molecule has 4 heteroatoms. The second kappa shape index (κ2) is 4.38. The van der Waals surface area contributed by atoms with Gasteiger partial charge in [0.1, 0.15) is 6.10 Å². The molecular weight excluding hydrogens is 212 g/mol. The van der Waals surface area contributed by atoms with Gasteiger partial charge in [0, 0.05) is 18.0 Å². The van der Waals surface area contributed by atoms with Crippen LogP contribution >= 0.6 is 11.6 Å². The van der Waals surface area contributed by atoms with Crippen molar-refractivity contribution in [3.63, 3.8) is 0 Å². The standard InChI is InChI=1S/C11H9ClN2O/c12-11-13-6-9(7-14-11)10(15)8-4-2-1-3-5-8/h1-7,10,15H. The Morgan fingerprint density at radius 3 is 2.20 bits per heavy atom. The SMILES string of the molecule is OC(c1ccccc1)c1cnc(Cl)nc1. The first-order valence-corrected chi connectivity index (χ1v) is 4.85. The van der Waals surface area contributed by atoms with Gasteiger partial charge < -0.3 is 5.11 Å². The summed E-state index contributed by atoms with van der Waals surface area (Å²) >= 11 is 5.56. The van der Waals surface area contributed by atoms with E-state index in [2.05, 4.69) is 9.97 Å². The van der Waals surface area contributed by atoms with E-state index >= 15 is 0 Å². The molecule has 15 heavy (non-hydrogen) atoms. The van der Waals surface area contributed by atoms with E-state index in [9.17, 15) is 5.11 Å². The van der Waals surface area contributed by atoms with Gasteiger partial charge in [-0.25, -0.2) is 9.97 Å². The van der Waals surface area contributed by atoms with Gasteiger partial charge in [-0.2, -0.15) is 0 Å². The summed E-state index contributed by atoms with van der Waals surface area (Å²) in [6.07, 6.45) is 2.34. The summed E-state index contributed by atoms with van der Waals surface area (Å²) in [6.45, 7) is 0. The molecule has 1 aromatic carbocycles. The van der Waals surface area contributed by atoms with Crippen LogP contribution in [0.3, 0.4) is 0 Å². The Balaban J connectivity index is 2.29. The van der Waals surface area contributed by atoms with Crippen molar-refractivity contribution in [3.8, 4) is 0 Å². The summed E-state index contributed by atoms with van der Waals surface area (Å²) in [5.74, 6) is 0. The number of aliphatic hydroxyl groups is 1. The highest BCUT2D eigenvalue weighted by atomic mass is 35.5. The van der Waals surface area contributed by atoms with Crippen molar-refractivity contribution in [2.24, 2.45) is 0 Å². The van der Waals surface area contributed by atoms with Gasteiger partial charge in [0.05, 0.1) is 0 Å². The van der Waals surface area contributed by atoms with E-state index < -0.39 is 6.10 Å². The normalized spacial score (nSPS) is 12.4. The summed E-state index contributed by atoms with van der Waals surface area (Å²) in [5, 5.41) is 10.1. The average Bonchev–Trinajstić information content (AvgIpc) is 2.30. The van der Waals surface area contributed by atoms with Crippen molar-refractivity contribution in [2.45, 2.75) is 6.10 Å². The zero-order valence-corrected chi connectivity index (χ0v) is 8.59. The van der Waals surface area contributed by atoms with Crippen LogP contribution in [0.5, 0.6) is 0 Å². The van der Waals surface area contributed by atoms with E-state index in [1.54, 1.807) is 0 Å². The van der Waals surface area contributed by atoms with Gasteiger partial charge in [0.15, 0.2) is 0 Å². The third kappa shape index (κ3) is 2.32. The Bertz CT molecular complexity index is 430. The van der Waals surface area contributed by atoms with Crippen molar-refractivity contribution in [3.05, 3.63) is 59.1 Å². The summed E-state index contributed by atoms with van der Waals surface area (Å²) < 4.78 is 0. The number of aliphatic hydroxyl groups excluding tert-OH is 1. The molecule has 2 rings (SSSR count). The zero-order chi connectivity index (χ0) is 10.7. The Morgan fingerprint density at radius 2 is 1.60 bits per heavy atom. The fourth-order valence-electron chi connectivity index (χ4n) is 1.29. The number of halogens is 1. The number of nitrogens with zero attached hydrogens (tertiary/aromatic N) is 2. The number of rotatable bonds is 2. The molecule has 1 atom stereocenters. The van der Waals surface area contributed by atoms with Crippen LogP contribution in [0.1, 0.15) is 17.2 Å². The number of aromatic nitrogens is 2. The van der Waals surface area contributed by atoms with Crippen LogP contribution in [0.25, 0.3) is 0 Å². The molecule has 1 heterocycles.